The predicted molar refractivity (Wildman–Crippen MR) is 79.1 cm³/mol. The van der Waals surface area contributed by atoms with E-state index in [1.165, 1.54) is 12.8 Å². The van der Waals surface area contributed by atoms with Crippen molar-refractivity contribution in [2.45, 2.75) is 49.3 Å². The van der Waals surface area contributed by atoms with E-state index in [-0.39, 0.29) is 11.1 Å². The molecular weight excluding hydrogens is 296 g/mol. The molecule has 20 heavy (non-hydrogen) atoms. The van der Waals surface area contributed by atoms with Gasteiger partial charge in [0.15, 0.2) is 5.03 Å². The first kappa shape index (κ1) is 14.4. The van der Waals surface area contributed by atoms with Gasteiger partial charge < -0.3 is 5.32 Å². The summed E-state index contributed by atoms with van der Waals surface area (Å²) in [6, 6.07) is 0.595. The van der Waals surface area contributed by atoms with E-state index in [1.54, 1.807) is 6.20 Å². The average Bonchev–Trinajstić information content (AvgIpc) is 3.13. The first-order valence-corrected chi connectivity index (χ1v) is 9.64. The molecule has 3 rings (SSSR count). The fourth-order valence-corrected chi connectivity index (χ4v) is 4.84. The van der Waals surface area contributed by atoms with Gasteiger partial charge in [-0.3, -0.25) is 5.10 Å². The quantitative estimate of drug-likeness (QED) is 0.724. The summed E-state index contributed by atoms with van der Waals surface area (Å²) in [6.07, 6.45) is 5.75. The van der Waals surface area contributed by atoms with Gasteiger partial charge in [0.05, 0.1) is 6.20 Å². The lowest BCUT2D eigenvalue weighted by Crippen LogP contribution is -2.38. The Bertz CT molecular complexity index is 548. The van der Waals surface area contributed by atoms with Crippen molar-refractivity contribution in [3.05, 3.63) is 11.8 Å². The monoisotopic (exact) mass is 316 g/mol. The third-order valence-electron chi connectivity index (χ3n) is 3.65. The highest BCUT2D eigenvalue weighted by atomic mass is 32.2. The molecule has 0 radical (unpaired) electrons. The molecule has 1 aliphatic heterocycles. The molecule has 0 bridgehead atoms. The van der Waals surface area contributed by atoms with Crippen molar-refractivity contribution >= 4 is 21.8 Å². The first-order valence-electron chi connectivity index (χ1n) is 7.01. The molecule has 112 valence electrons. The first-order chi connectivity index (χ1) is 9.65. The summed E-state index contributed by atoms with van der Waals surface area (Å²) in [7, 11) is -3.49. The molecule has 1 saturated heterocycles. The van der Waals surface area contributed by atoms with Gasteiger partial charge in [0.2, 0.25) is 0 Å². The normalized spacial score (nSPS) is 21.2. The summed E-state index contributed by atoms with van der Waals surface area (Å²) < 4.78 is 27.7. The smallest absolute Gasteiger partial charge is 0.258 e. The van der Waals surface area contributed by atoms with Crippen molar-refractivity contribution in [1.82, 2.24) is 20.2 Å². The van der Waals surface area contributed by atoms with Crippen molar-refractivity contribution in [2.75, 3.05) is 11.5 Å². The predicted octanol–water partition coefficient (Wildman–Crippen LogP) is 0.836. The summed E-state index contributed by atoms with van der Waals surface area (Å²) in [5.74, 6) is 2.04. The van der Waals surface area contributed by atoms with Gasteiger partial charge in [-0.15, -0.1) is 0 Å². The van der Waals surface area contributed by atoms with Crippen LogP contribution < -0.4 is 10.0 Å². The van der Waals surface area contributed by atoms with E-state index in [0.29, 0.717) is 12.6 Å². The van der Waals surface area contributed by atoms with Gasteiger partial charge in [0.25, 0.3) is 10.0 Å². The molecular formula is C12H20N4O2S2. The molecule has 0 amide bonds. The summed E-state index contributed by atoms with van der Waals surface area (Å²) >= 11 is 1.88. The summed E-state index contributed by atoms with van der Waals surface area (Å²) in [4.78, 5) is 0. The molecule has 6 nitrogen and oxygen atoms in total. The summed E-state index contributed by atoms with van der Waals surface area (Å²) in [5.41, 5.74) is 0.717. The molecule has 1 aromatic heterocycles. The molecule has 2 heterocycles. The van der Waals surface area contributed by atoms with E-state index < -0.39 is 10.0 Å². The van der Waals surface area contributed by atoms with Crippen LogP contribution in [0.1, 0.15) is 31.2 Å². The minimum Gasteiger partial charge on any atom is -0.310 e. The molecule has 0 unspecified atom stereocenters. The third-order valence-corrected chi connectivity index (χ3v) is 6.23. The van der Waals surface area contributed by atoms with Crippen LogP contribution >= 0.6 is 11.8 Å². The van der Waals surface area contributed by atoms with E-state index in [9.17, 15) is 8.42 Å². The van der Waals surface area contributed by atoms with E-state index in [2.05, 4.69) is 20.2 Å². The second-order valence-corrected chi connectivity index (χ2v) is 8.26. The molecule has 1 aromatic rings. The zero-order chi connectivity index (χ0) is 14.0. The van der Waals surface area contributed by atoms with Crippen molar-refractivity contribution in [2.24, 2.45) is 0 Å². The number of nitrogens with zero attached hydrogens (tertiary/aromatic N) is 1. The van der Waals surface area contributed by atoms with Crippen molar-refractivity contribution in [3.63, 3.8) is 0 Å². The maximum atomic E-state index is 12.4. The molecule has 3 N–H and O–H groups in total. The van der Waals surface area contributed by atoms with Crippen LogP contribution in [0.3, 0.4) is 0 Å². The maximum Gasteiger partial charge on any atom is 0.258 e. The highest BCUT2D eigenvalue weighted by Crippen LogP contribution is 2.22. The Hall–Kier alpha value is -0.570. The second-order valence-electron chi connectivity index (χ2n) is 5.39. The lowest BCUT2D eigenvalue weighted by molar-refractivity contribution is 0.524. The van der Waals surface area contributed by atoms with Gasteiger partial charge in [0, 0.05) is 24.2 Å². The minimum absolute atomic E-state index is 0.0498. The Balaban J connectivity index is 1.67. The van der Waals surface area contributed by atoms with Crippen LogP contribution in [0.4, 0.5) is 0 Å². The van der Waals surface area contributed by atoms with Crippen LogP contribution in [0.15, 0.2) is 11.2 Å². The number of rotatable bonds is 6. The maximum absolute atomic E-state index is 12.4. The van der Waals surface area contributed by atoms with Crippen LogP contribution in [-0.2, 0) is 16.6 Å². The fraction of sp³-hybridized carbons (Fsp3) is 0.750. The molecule has 0 aromatic carbocycles. The number of aromatic nitrogens is 2. The topological polar surface area (TPSA) is 86.9 Å². The molecule has 8 heteroatoms. The summed E-state index contributed by atoms with van der Waals surface area (Å²) in [5, 5.41) is 10.1. The standard InChI is InChI=1S/C12H20N4O2S2/c17-20(18,16-11-3-5-19-6-4-11)12-9(8-14-15-12)7-13-10-1-2-10/h8,10-11,13,16H,1-7H2,(H,14,15). The summed E-state index contributed by atoms with van der Waals surface area (Å²) in [6.45, 7) is 0.554. The van der Waals surface area contributed by atoms with E-state index in [4.69, 9.17) is 0 Å². The second kappa shape index (κ2) is 6.05. The van der Waals surface area contributed by atoms with Crippen molar-refractivity contribution < 1.29 is 8.42 Å². The van der Waals surface area contributed by atoms with Crippen LogP contribution in [-0.4, -0.2) is 42.2 Å². The Labute approximate surface area is 123 Å². The molecule has 1 aliphatic carbocycles. The molecule has 2 fully saturated rings. The Morgan fingerprint density at radius 1 is 1.25 bits per heavy atom. The SMILES string of the molecule is O=S(=O)(NC1CCSCC1)c1[nH]ncc1CNC1CC1. The van der Waals surface area contributed by atoms with Crippen LogP contribution in [0.5, 0.6) is 0 Å². The molecule has 0 atom stereocenters. The van der Waals surface area contributed by atoms with Gasteiger partial charge in [-0.25, -0.2) is 13.1 Å². The Morgan fingerprint density at radius 2 is 2.00 bits per heavy atom. The lowest BCUT2D eigenvalue weighted by Gasteiger charge is -2.22. The van der Waals surface area contributed by atoms with Crippen molar-refractivity contribution in [3.8, 4) is 0 Å². The average molecular weight is 316 g/mol. The number of H-pyrrole nitrogens is 1. The third kappa shape index (κ3) is 3.55. The zero-order valence-corrected chi connectivity index (χ0v) is 12.9. The zero-order valence-electron chi connectivity index (χ0n) is 11.3. The molecule has 0 spiro atoms. The van der Waals surface area contributed by atoms with Gasteiger partial charge in [-0.05, 0) is 37.2 Å². The van der Waals surface area contributed by atoms with Gasteiger partial charge in [-0.2, -0.15) is 16.9 Å². The lowest BCUT2D eigenvalue weighted by atomic mass is 10.2. The van der Waals surface area contributed by atoms with Gasteiger partial charge in [0.1, 0.15) is 0 Å². The highest BCUT2D eigenvalue weighted by molar-refractivity contribution is 7.99. The van der Waals surface area contributed by atoms with E-state index >= 15 is 0 Å². The number of nitrogens with one attached hydrogen (secondary N) is 3. The Morgan fingerprint density at radius 3 is 2.70 bits per heavy atom. The molecule has 1 saturated carbocycles. The van der Waals surface area contributed by atoms with Gasteiger partial charge in [-0.1, -0.05) is 0 Å². The number of hydrogen-bond donors (Lipinski definition) is 3. The largest absolute Gasteiger partial charge is 0.310 e. The number of hydrogen-bond acceptors (Lipinski definition) is 5. The molecule has 2 aliphatic rings. The number of thioether (sulfide) groups is 1. The van der Waals surface area contributed by atoms with Crippen LogP contribution in [0.25, 0.3) is 0 Å². The Kier molecular flexibility index (Phi) is 4.34. The fourth-order valence-electron chi connectivity index (χ4n) is 2.29. The van der Waals surface area contributed by atoms with E-state index in [1.807, 2.05) is 11.8 Å². The van der Waals surface area contributed by atoms with Crippen LogP contribution in [0, 0.1) is 0 Å². The minimum atomic E-state index is -3.49. The highest BCUT2D eigenvalue weighted by Gasteiger charge is 2.27. The van der Waals surface area contributed by atoms with Crippen molar-refractivity contribution in [1.29, 1.82) is 0 Å². The van der Waals surface area contributed by atoms with Gasteiger partial charge >= 0.3 is 0 Å². The number of aromatic amines is 1. The van der Waals surface area contributed by atoms with Crippen LogP contribution in [0.2, 0.25) is 0 Å². The van der Waals surface area contributed by atoms with E-state index in [0.717, 1.165) is 29.9 Å². The number of sulfonamides is 1.